The third kappa shape index (κ3) is 4.61. The maximum absolute atomic E-state index is 13.5. The molecule has 1 amide bonds. The van der Waals surface area contributed by atoms with Crippen molar-refractivity contribution in [3.63, 3.8) is 0 Å². The van der Waals surface area contributed by atoms with Crippen molar-refractivity contribution in [1.29, 1.82) is 0 Å². The topological polar surface area (TPSA) is 91.4 Å². The highest BCUT2D eigenvalue weighted by atomic mass is 32.2. The number of amides is 1. The highest BCUT2D eigenvalue weighted by molar-refractivity contribution is 7.89. The molecule has 0 atom stereocenters. The monoisotopic (exact) mass is 392 g/mol. The molecule has 0 unspecified atom stereocenters. The van der Waals surface area contributed by atoms with E-state index in [-0.39, 0.29) is 17.0 Å². The van der Waals surface area contributed by atoms with E-state index in [0.29, 0.717) is 25.5 Å². The molecule has 3 rings (SSSR count). The number of halogens is 1. The fourth-order valence-electron chi connectivity index (χ4n) is 2.82. The summed E-state index contributed by atoms with van der Waals surface area (Å²) < 4.78 is 39.9. The Kier molecular flexibility index (Phi) is 6.02. The molecule has 1 aromatic carbocycles. The third-order valence-corrected chi connectivity index (χ3v) is 6.16. The van der Waals surface area contributed by atoms with Crippen LogP contribution in [-0.4, -0.2) is 49.8 Å². The van der Waals surface area contributed by atoms with Crippen LogP contribution in [0.15, 0.2) is 47.5 Å². The zero-order valence-electron chi connectivity index (χ0n) is 14.7. The summed E-state index contributed by atoms with van der Waals surface area (Å²) in [5.41, 5.74) is -0.00732. The van der Waals surface area contributed by atoms with E-state index in [2.05, 4.69) is 15.6 Å². The van der Waals surface area contributed by atoms with Gasteiger partial charge in [0.05, 0.1) is 5.56 Å². The van der Waals surface area contributed by atoms with Crippen molar-refractivity contribution in [1.82, 2.24) is 14.6 Å². The minimum Gasteiger partial charge on any atom is -0.368 e. The molecule has 27 heavy (non-hydrogen) atoms. The van der Waals surface area contributed by atoms with Gasteiger partial charge in [0.2, 0.25) is 10.0 Å². The first-order chi connectivity index (χ1) is 13.0. The first kappa shape index (κ1) is 19.2. The Labute approximate surface area is 157 Å². The quantitative estimate of drug-likeness (QED) is 0.702. The molecule has 2 heterocycles. The lowest BCUT2D eigenvalue weighted by atomic mass is 10.2. The second kappa shape index (κ2) is 8.45. The van der Waals surface area contributed by atoms with Crippen molar-refractivity contribution in [3.05, 3.63) is 54.0 Å². The maximum atomic E-state index is 13.5. The molecule has 9 heteroatoms. The number of anilines is 1. The van der Waals surface area contributed by atoms with E-state index in [4.69, 9.17) is 0 Å². The van der Waals surface area contributed by atoms with Gasteiger partial charge in [-0.25, -0.2) is 17.8 Å². The molecular formula is C18H21FN4O3S. The minimum absolute atomic E-state index is 0.00732. The standard InChI is InChI=1S/C18H21FN4O3S/c19-16-6-2-1-5-15(16)18(24)21-10-9-20-17-8-7-14(13-22-17)27(25,26)23-11-3-4-12-23/h1-2,5-8,13H,3-4,9-12H2,(H,20,22)(H,21,24). The molecule has 0 spiro atoms. The molecule has 1 aliphatic rings. The van der Waals surface area contributed by atoms with Gasteiger partial charge in [-0.15, -0.1) is 0 Å². The number of pyridine rings is 1. The van der Waals surface area contributed by atoms with Gasteiger partial charge in [0.15, 0.2) is 0 Å². The fourth-order valence-corrected chi connectivity index (χ4v) is 4.29. The van der Waals surface area contributed by atoms with Crippen molar-refractivity contribution in [2.75, 3.05) is 31.5 Å². The lowest BCUT2D eigenvalue weighted by Crippen LogP contribution is -2.29. The third-order valence-electron chi connectivity index (χ3n) is 4.27. The van der Waals surface area contributed by atoms with Crippen LogP contribution in [0.2, 0.25) is 0 Å². The largest absolute Gasteiger partial charge is 0.368 e. The maximum Gasteiger partial charge on any atom is 0.254 e. The number of benzene rings is 1. The average Bonchev–Trinajstić information content (AvgIpc) is 3.21. The summed E-state index contributed by atoms with van der Waals surface area (Å²) in [6.45, 7) is 1.72. The molecule has 0 saturated carbocycles. The van der Waals surface area contributed by atoms with Crippen LogP contribution in [0.5, 0.6) is 0 Å². The van der Waals surface area contributed by atoms with Gasteiger partial charge >= 0.3 is 0 Å². The van der Waals surface area contributed by atoms with Crippen LogP contribution in [0.1, 0.15) is 23.2 Å². The summed E-state index contributed by atoms with van der Waals surface area (Å²) in [5.74, 6) is -0.565. The van der Waals surface area contributed by atoms with Gasteiger partial charge in [0, 0.05) is 32.4 Å². The Morgan fingerprint density at radius 2 is 1.85 bits per heavy atom. The predicted molar refractivity (Wildman–Crippen MR) is 99.5 cm³/mol. The molecule has 1 aromatic heterocycles. The molecule has 1 fully saturated rings. The van der Waals surface area contributed by atoms with Crippen molar-refractivity contribution in [3.8, 4) is 0 Å². The van der Waals surface area contributed by atoms with E-state index in [9.17, 15) is 17.6 Å². The van der Waals surface area contributed by atoms with Gasteiger partial charge in [-0.2, -0.15) is 4.31 Å². The smallest absolute Gasteiger partial charge is 0.254 e. The van der Waals surface area contributed by atoms with Gasteiger partial charge in [0.1, 0.15) is 16.5 Å². The summed E-state index contributed by atoms with van der Waals surface area (Å²) in [6, 6.07) is 8.86. The summed E-state index contributed by atoms with van der Waals surface area (Å²) in [5, 5.41) is 5.60. The highest BCUT2D eigenvalue weighted by Gasteiger charge is 2.27. The van der Waals surface area contributed by atoms with Crippen molar-refractivity contribution < 1.29 is 17.6 Å². The van der Waals surface area contributed by atoms with E-state index in [1.165, 1.54) is 34.8 Å². The van der Waals surface area contributed by atoms with Gasteiger partial charge in [-0.3, -0.25) is 4.79 Å². The normalized spacial score (nSPS) is 14.9. The number of hydrogen-bond donors (Lipinski definition) is 2. The highest BCUT2D eigenvalue weighted by Crippen LogP contribution is 2.20. The Morgan fingerprint density at radius 1 is 1.11 bits per heavy atom. The number of nitrogens with one attached hydrogen (secondary N) is 2. The molecule has 2 N–H and O–H groups in total. The van der Waals surface area contributed by atoms with E-state index in [1.807, 2.05) is 0 Å². The molecule has 2 aromatic rings. The molecular weight excluding hydrogens is 371 g/mol. The summed E-state index contributed by atoms with van der Waals surface area (Å²) in [7, 11) is -3.48. The first-order valence-electron chi connectivity index (χ1n) is 8.71. The molecule has 0 aliphatic carbocycles. The fraction of sp³-hybridized carbons (Fsp3) is 0.333. The molecule has 0 bridgehead atoms. The first-order valence-corrected chi connectivity index (χ1v) is 10.2. The Hall–Kier alpha value is -2.52. The predicted octanol–water partition coefficient (Wildman–Crippen LogP) is 1.85. The average molecular weight is 392 g/mol. The van der Waals surface area contributed by atoms with E-state index >= 15 is 0 Å². The zero-order valence-corrected chi connectivity index (χ0v) is 15.5. The van der Waals surface area contributed by atoms with Crippen LogP contribution in [0.4, 0.5) is 10.2 Å². The summed E-state index contributed by atoms with van der Waals surface area (Å²) >= 11 is 0. The van der Waals surface area contributed by atoms with Crippen LogP contribution >= 0.6 is 0 Å². The van der Waals surface area contributed by atoms with Gasteiger partial charge in [-0.05, 0) is 37.1 Å². The van der Waals surface area contributed by atoms with E-state index in [0.717, 1.165) is 12.8 Å². The lowest BCUT2D eigenvalue weighted by molar-refractivity contribution is 0.0951. The Morgan fingerprint density at radius 3 is 2.52 bits per heavy atom. The molecule has 7 nitrogen and oxygen atoms in total. The van der Waals surface area contributed by atoms with E-state index < -0.39 is 21.7 Å². The second-order valence-electron chi connectivity index (χ2n) is 6.15. The lowest BCUT2D eigenvalue weighted by Gasteiger charge is -2.15. The number of carbonyl (C=O) groups excluding carboxylic acids is 1. The second-order valence-corrected chi connectivity index (χ2v) is 8.09. The molecule has 0 radical (unpaired) electrons. The number of sulfonamides is 1. The SMILES string of the molecule is O=C(NCCNc1ccc(S(=O)(=O)N2CCCC2)cn1)c1ccccc1F. The van der Waals surface area contributed by atoms with Crippen LogP contribution in [-0.2, 0) is 10.0 Å². The summed E-state index contributed by atoms with van der Waals surface area (Å²) in [6.07, 6.45) is 3.09. The van der Waals surface area contributed by atoms with Crippen LogP contribution in [0.3, 0.4) is 0 Å². The van der Waals surface area contributed by atoms with Gasteiger partial charge in [0.25, 0.3) is 5.91 Å². The van der Waals surface area contributed by atoms with Crippen LogP contribution < -0.4 is 10.6 Å². The Bertz CT molecular complexity index is 897. The number of aromatic nitrogens is 1. The van der Waals surface area contributed by atoms with Gasteiger partial charge < -0.3 is 10.6 Å². The number of hydrogen-bond acceptors (Lipinski definition) is 5. The van der Waals surface area contributed by atoms with Gasteiger partial charge in [-0.1, -0.05) is 12.1 Å². The summed E-state index contributed by atoms with van der Waals surface area (Å²) in [4.78, 5) is 16.2. The Balaban J connectivity index is 1.49. The van der Waals surface area contributed by atoms with Crippen molar-refractivity contribution in [2.24, 2.45) is 0 Å². The number of rotatable bonds is 7. The molecule has 144 valence electrons. The number of carbonyl (C=O) groups is 1. The molecule has 1 aliphatic heterocycles. The number of nitrogens with zero attached hydrogens (tertiary/aromatic N) is 2. The van der Waals surface area contributed by atoms with Crippen LogP contribution in [0.25, 0.3) is 0 Å². The molecule has 1 saturated heterocycles. The van der Waals surface area contributed by atoms with Crippen molar-refractivity contribution in [2.45, 2.75) is 17.7 Å². The van der Waals surface area contributed by atoms with Crippen molar-refractivity contribution >= 4 is 21.7 Å². The minimum atomic E-state index is -3.48. The van der Waals surface area contributed by atoms with E-state index in [1.54, 1.807) is 12.1 Å². The van der Waals surface area contributed by atoms with Crippen LogP contribution in [0, 0.1) is 5.82 Å². The zero-order chi connectivity index (χ0) is 19.3.